The Balaban J connectivity index is 2.10. The van der Waals surface area contributed by atoms with Crippen molar-refractivity contribution in [1.82, 2.24) is 5.32 Å². The highest BCUT2D eigenvalue weighted by molar-refractivity contribution is 9.10. The standard InChI is InChI=1S/C14H18BrNO2/c15-12-6-4-5-11(9-12)13(18)16-14(10-17)7-2-1-3-8-14/h4-6,9,17H,1-3,7-8,10H2,(H,16,18). The first-order valence-corrected chi connectivity index (χ1v) is 7.13. The average Bonchev–Trinajstić information content (AvgIpc) is 2.40. The molecule has 18 heavy (non-hydrogen) atoms. The van der Waals surface area contributed by atoms with E-state index in [4.69, 9.17) is 0 Å². The summed E-state index contributed by atoms with van der Waals surface area (Å²) in [6.07, 6.45) is 5.06. The molecular weight excluding hydrogens is 294 g/mol. The maximum Gasteiger partial charge on any atom is 0.251 e. The summed E-state index contributed by atoms with van der Waals surface area (Å²) in [5, 5.41) is 12.6. The van der Waals surface area contributed by atoms with Crippen LogP contribution in [0.15, 0.2) is 28.7 Å². The number of amides is 1. The van der Waals surface area contributed by atoms with E-state index < -0.39 is 5.54 Å². The van der Waals surface area contributed by atoms with Gasteiger partial charge in [-0.2, -0.15) is 0 Å². The van der Waals surface area contributed by atoms with Gasteiger partial charge in [0, 0.05) is 10.0 Å². The van der Waals surface area contributed by atoms with Gasteiger partial charge in [0.15, 0.2) is 0 Å². The van der Waals surface area contributed by atoms with Crippen LogP contribution in [0.1, 0.15) is 42.5 Å². The van der Waals surface area contributed by atoms with Crippen LogP contribution in [0.4, 0.5) is 0 Å². The molecule has 0 bridgehead atoms. The molecule has 0 spiro atoms. The minimum absolute atomic E-state index is 0.0206. The largest absolute Gasteiger partial charge is 0.394 e. The minimum Gasteiger partial charge on any atom is -0.394 e. The predicted octanol–water partition coefficient (Wildman–Crippen LogP) is 2.87. The molecule has 0 unspecified atom stereocenters. The Hall–Kier alpha value is -0.870. The van der Waals surface area contributed by atoms with Crippen LogP contribution >= 0.6 is 15.9 Å². The van der Waals surface area contributed by atoms with Crippen molar-refractivity contribution in [2.45, 2.75) is 37.6 Å². The number of hydrogen-bond donors (Lipinski definition) is 2. The average molecular weight is 312 g/mol. The molecule has 2 rings (SSSR count). The second-order valence-electron chi connectivity index (χ2n) is 4.96. The summed E-state index contributed by atoms with van der Waals surface area (Å²) in [6.45, 7) is 0.0206. The third-order valence-corrected chi connectivity index (χ3v) is 4.07. The SMILES string of the molecule is O=C(NC1(CO)CCCCC1)c1cccc(Br)c1. The molecule has 1 saturated carbocycles. The fourth-order valence-electron chi connectivity index (χ4n) is 2.49. The van der Waals surface area contributed by atoms with Crippen LogP contribution in [0.5, 0.6) is 0 Å². The van der Waals surface area contributed by atoms with Crippen molar-refractivity contribution < 1.29 is 9.90 Å². The number of carbonyl (C=O) groups is 1. The van der Waals surface area contributed by atoms with E-state index in [1.165, 1.54) is 6.42 Å². The van der Waals surface area contributed by atoms with Gasteiger partial charge in [0.2, 0.25) is 0 Å². The zero-order chi connectivity index (χ0) is 13.0. The molecule has 4 heteroatoms. The lowest BCUT2D eigenvalue weighted by Gasteiger charge is -2.36. The van der Waals surface area contributed by atoms with Crippen molar-refractivity contribution in [2.24, 2.45) is 0 Å². The quantitative estimate of drug-likeness (QED) is 0.901. The molecule has 1 aromatic carbocycles. The van der Waals surface area contributed by atoms with Gasteiger partial charge < -0.3 is 10.4 Å². The molecule has 3 nitrogen and oxygen atoms in total. The molecule has 2 N–H and O–H groups in total. The van der Waals surface area contributed by atoms with Crippen LogP contribution in [0.2, 0.25) is 0 Å². The van der Waals surface area contributed by atoms with Crippen LogP contribution in [0, 0.1) is 0 Å². The maximum atomic E-state index is 12.2. The summed E-state index contributed by atoms with van der Waals surface area (Å²) in [6, 6.07) is 7.31. The van der Waals surface area contributed by atoms with Gasteiger partial charge in [-0.1, -0.05) is 41.3 Å². The van der Waals surface area contributed by atoms with E-state index in [0.717, 1.165) is 30.2 Å². The van der Waals surface area contributed by atoms with E-state index in [0.29, 0.717) is 5.56 Å². The number of aliphatic hydroxyl groups excluding tert-OH is 1. The molecule has 0 heterocycles. The van der Waals surface area contributed by atoms with E-state index >= 15 is 0 Å². The Labute approximate surface area is 116 Å². The molecule has 0 atom stereocenters. The van der Waals surface area contributed by atoms with Crippen LogP contribution in [0.3, 0.4) is 0 Å². The molecule has 1 aliphatic rings. The van der Waals surface area contributed by atoms with Gasteiger partial charge >= 0.3 is 0 Å². The Morgan fingerprint density at radius 2 is 2.06 bits per heavy atom. The van der Waals surface area contributed by atoms with Crippen molar-refractivity contribution in [3.8, 4) is 0 Å². The number of rotatable bonds is 3. The number of carbonyl (C=O) groups excluding carboxylic acids is 1. The van der Waals surface area contributed by atoms with Gasteiger partial charge in [-0.3, -0.25) is 4.79 Å². The first kappa shape index (κ1) is 13.6. The first-order chi connectivity index (χ1) is 8.65. The van der Waals surface area contributed by atoms with Gasteiger partial charge in [-0.05, 0) is 31.0 Å². The molecule has 0 aromatic heterocycles. The summed E-state index contributed by atoms with van der Waals surface area (Å²) in [7, 11) is 0. The van der Waals surface area contributed by atoms with Crippen LogP contribution < -0.4 is 5.32 Å². The van der Waals surface area contributed by atoms with E-state index in [2.05, 4.69) is 21.2 Å². The molecular formula is C14H18BrNO2. The third-order valence-electron chi connectivity index (χ3n) is 3.58. The van der Waals surface area contributed by atoms with Gasteiger partial charge in [0.05, 0.1) is 12.1 Å². The third kappa shape index (κ3) is 3.12. The Morgan fingerprint density at radius 3 is 2.67 bits per heavy atom. The van der Waals surface area contributed by atoms with Crippen molar-refractivity contribution >= 4 is 21.8 Å². The Bertz CT molecular complexity index is 428. The van der Waals surface area contributed by atoms with Crippen molar-refractivity contribution in [3.63, 3.8) is 0 Å². The van der Waals surface area contributed by atoms with Gasteiger partial charge in [-0.25, -0.2) is 0 Å². The highest BCUT2D eigenvalue weighted by Crippen LogP contribution is 2.28. The van der Waals surface area contributed by atoms with Gasteiger partial charge in [-0.15, -0.1) is 0 Å². The lowest BCUT2D eigenvalue weighted by atomic mass is 9.82. The summed E-state index contributed by atoms with van der Waals surface area (Å²) < 4.78 is 0.886. The maximum absolute atomic E-state index is 12.2. The number of halogens is 1. The van der Waals surface area contributed by atoms with E-state index in [9.17, 15) is 9.90 Å². The predicted molar refractivity (Wildman–Crippen MR) is 74.5 cm³/mol. The Morgan fingerprint density at radius 1 is 1.33 bits per heavy atom. The Kier molecular flexibility index (Phi) is 4.40. The van der Waals surface area contributed by atoms with Crippen molar-refractivity contribution in [1.29, 1.82) is 0 Å². The fraction of sp³-hybridized carbons (Fsp3) is 0.500. The summed E-state index contributed by atoms with van der Waals surface area (Å²) in [4.78, 5) is 12.2. The summed E-state index contributed by atoms with van der Waals surface area (Å²) in [5.74, 6) is -0.104. The summed E-state index contributed by atoms with van der Waals surface area (Å²) >= 11 is 3.36. The van der Waals surface area contributed by atoms with Gasteiger partial charge in [0.1, 0.15) is 0 Å². The highest BCUT2D eigenvalue weighted by atomic mass is 79.9. The number of nitrogens with one attached hydrogen (secondary N) is 1. The zero-order valence-corrected chi connectivity index (χ0v) is 11.9. The second-order valence-corrected chi connectivity index (χ2v) is 5.88. The smallest absolute Gasteiger partial charge is 0.251 e. The summed E-state index contributed by atoms with van der Waals surface area (Å²) in [5.41, 5.74) is 0.209. The van der Waals surface area contributed by atoms with Crippen LogP contribution in [-0.2, 0) is 0 Å². The molecule has 1 fully saturated rings. The van der Waals surface area contributed by atoms with E-state index in [-0.39, 0.29) is 12.5 Å². The molecule has 0 saturated heterocycles. The topological polar surface area (TPSA) is 49.3 Å². The van der Waals surface area contributed by atoms with Crippen LogP contribution in [0.25, 0.3) is 0 Å². The highest BCUT2D eigenvalue weighted by Gasteiger charge is 2.33. The minimum atomic E-state index is -0.419. The molecule has 1 amide bonds. The molecule has 1 aliphatic carbocycles. The molecule has 1 aromatic rings. The second kappa shape index (κ2) is 5.85. The lowest BCUT2D eigenvalue weighted by molar-refractivity contribution is 0.0758. The van der Waals surface area contributed by atoms with Crippen LogP contribution in [-0.4, -0.2) is 23.2 Å². The monoisotopic (exact) mass is 311 g/mol. The zero-order valence-electron chi connectivity index (χ0n) is 10.3. The van der Waals surface area contributed by atoms with Crippen molar-refractivity contribution in [2.75, 3.05) is 6.61 Å². The molecule has 0 aliphatic heterocycles. The van der Waals surface area contributed by atoms with E-state index in [1.54, 1.807) is 12.1 Å². The van der Waals surface area contributed by atoms with Gasteiger partial charge in [0.25, 0.3) is 5.91 Å². The molecule has 98 valence electrons. The molecule has 0 radical (unpaired) electrons. The lowest BCUT2D eigenvalue weighted by Crippen LogP contribution is -2.52. The van der Waals surface area contributed by atoms with E-state index in [1.807, 2.05) is 12.1 Å². The normalized spacial score (nSPS) is 18.3. The number of aliphatic hydroxyl groups is 1. The number of hydrogen-bond acceptors (Lipinski definition) is 2. The first-order valence-electron chi connectivity index (χ1n) is 6.34. The number of benzene rings is 1. The fourth-order valence-corrected chi connectivity index (χ4v) is 2.89. The van der Waals surface area contributed by atoms with Crippen molar-refractivity contribution in [3.05, 3.63) is 34.3 Å².